The Morgan fingerprint density at radius 1 is 1.42 bits per heavy atom. The van der Waals surface area contributed by atoms with Crippen LogP contribution in [0, 0.1) is 0 Å². The summed E-state index contributed by atoms with van der Waals surface area (Å²) in [5, 5.41) is 2.27. The van der Waals surface area contributed by atoms with Crippen molar-refractivity contribution in [3.05, 3.63) is 0 Å². The van der Waals surface area contributed by atoms with Crippen LogP contribution in [0.1, 0.15) is 26.2 Å². The van der Waals surface area contributed by atoms with Crippen molar-refractivity contribution in [1.82, 2.24) is 10.5 Å². The lowest BCUT2D eigenvalue weighted by Gasteiger charge is -2.39. The SMILES string of the molecule is CC[N+](C)(C)NN(C)C1CCC1. The van der Waals surface area contributed by atoms with Crippen LogP contribution in [0.15, 0.2) is 0 Å². The summed E-state index contributed by atoms with van der Waals surface area (Å²) >= 11 is 0. The topological polar surface area (TPSA) is 15.3 Å². The van der Waals surface area contributed by atoms with E-state index >= 15 is 0 Å². The Kier molecular flexibility index (Phi) is 3.09. The molecule has 1 fully saturated rings. The van der Waals surface area contributed by atoms with Gasteiger partial charge in [-0.2, -0.15) is 5.01 Å². The van der Waals surface area contributed by atoms with Gasteiger partial charge in [0.1, 0.15) is 0 Å². The van der Waals surface area contributed by atoms with E-state index in [0.717, 1.165) is 17.2 Å². The van der Waals surface area contributed by atoms with Crippen molar-refractivity contribution >= 4 is 0 Å². The van der Waals surface area contributed by atoms with Crippen LogP contribution in [0.25, 0.3) is 0 Å². The summed E-state index contributed by atoms with van der Waals surface area (Å²) in [4.78, 5) is 0. The zero-order valence-corrected chi connectivity index (χ0v) is 8.80. The fourth-order valence-corrected chi connectivity index (χ4v) is 1.35. The van der Waals surface area contributed by atoms with E-state index in [0.29, 0.717) is 0 Å². The van der Waals surface area contributed by atoms with Crippen LogP contribution < -0.4 is 5.53 Å². The number of quaternary nitrogens is 1. The Balaban J connectivity index is 2.28. The molecule has 0 radical (unpaired) electrons. The van der Waals surface area contributed by atoms with Gasteiger partial charge < -0.3 is 0 Å². The van der Waals surface area contributed by atoms with Crippen molar-refractivity contribution < 1.29 is 4.59 Å². The molecule has 1 saturated carbocycles. The highest BCUT2D eigenvalue weighted by atomic mass is 15.8. The second-order valence-electron chi connectivity index (χ2n) is 4.30. The number of hydrazine groups is 1. The lowest BCUT2D eigenvalue weighted by Crippen LogP contribution is -2.61. The van der Waals surface area contributed by atoms with Gasteiger partial charge >= 0.3 is 0 Å². The van der Waals surface area contributed by atoms with Gasteiger partial charge in [0.25, 0.3) is 0 Å². The van der Waals surface area contributed by atoms with Crippen LogP contribution in [-0.2, 0) is 0 Å². The van der Waals surface area contributed by atoms with E-state index in [1.165, 1.54) is 19.3 Å². The molecule has 3 heteroatoms. The minimum atomic E-state index is 0.772. The highest BCUT2D eigenvalue weighted by Gasteiger charge is 2.25. The zero-order chi connectivity index (χ0) is 9.19. The van der Waals surface area contributed by atoms with Crippen molar-refractivity contribution in [3.63, 3.8) is 0 Å². The van der Waals surface area contributed by atoms with E-state index in [1.54, 1.807) is 0 Å². The first-order valence-electron chi connectivity index (χ1n) is 4.89. The molecule has 1 aliphatic carbocycles. The number of hydrogen-bond donors (Lipinski definition) is 1. The summed E-state index contributed by atoms with van der Waals surface area (Å²) in [6.07, 6.45) is 4.11. The molecule has 1 aliphatic rings. The third-order valence-electron chi connectivity index (χ3n) is 2.84. The second-order valence-corrected chi connectivity index (χ2v) is 4.30. The molecule has 72 valence electrons. The molecule has 0 aliphatic heterocycles. The second kappa shape index (κ2) is 3.73. The summed E-state index contributed by atoms with van der Waals surface area (Å²) in [5.41, 5.74) is 3.48. The summed E-state index contributed by atoms with van der Waals surface area (Å²) in [6.45, 7) is 3.30. The van der Waals surface area contributed by atoms with Crippen molar-refractivity contribution in [1.29, 1.82) is 0 Å². The van der Waals surface area contributed by atoms with Gasteiger partial charge in [-0.1, -0.05) is 12.0 Å². The van der Waals surface area contributed by atoms with Crippen molar-refractivity contribution in [2.24, 2.45) is 0 Å². The molecule has 0 heterocycles. The molecule has 3 nitrogen and oxygen atoms in total. The van der Waals surface area contributed by atoms with Crippen LogP contribution in [0.4, 0.5) is 0 Å². The minimum Gasteiger partial charge on any atom is -0.237 e. The molecule has 12 heavy (non-hydrogen) atoms. The molecule has 0 atom stereocenters. The molecular formula is C9H22N3+. The first-order chi connectivity index (χ1) is 5.55. The molecule has 0 aromatic carbocycles. The standard InChI is InChI=1S/C9H22N3/c1-5-12(3,4)10-11(2)9-7-6-8-9/h9-10H,5-8H2,1-4H3/q+1. The minimum absolute atomic E-state index is 0.772. The van der Waals surface area contributed by atoms with Gasteiger partial charge in [0.2, 0.25) is 0 Å². The van der Waals surface area contributed by atoms with Crippen molar-refractivity contribution in [3.8, 4) is 0 Å². The molecule has 0 amide bonds. The van der Waals surface area contributed by atoms with Crippen LogP contribution in [-0.4, -0.2) is 43.3 Å². The highest BCUT2D eigenvalue weighted by Crippen LogP contribution is 2.22. The predicted octanol–water partition coefficient (Wildman–Crippen LogP) is 0.987. The van der Waals surface area contributed by atoms with Crippen LogP contribution in [0.2, 0.25) is 0 Å². The summed E-state index contributed by atoms with van der Waals surface area (Å²) in [7, 11) is 6.53. The molecule has 0 bridgehead atoms. The smallest absolute Gasteiger partial charge is 0.0941 e. The monoisotopic (exact) mass is 172 g/mol. The van der Waals surface area contributed by atoms with Crippen LogP contribution in [0.3, 0.4) is 0 Å². The van der Waals surface area contributed by atoms with Gasteiger partial charge in [-0.3, -0.25) is 0 Å². The largest absolute Gasteiger partial charge is 0.237 e. The van der Waals surface area contributed by atoms with E-state index in [1.807, 2.05) is 0 Å². The van der Waals surface area contributed by atoms with Gasteiger partial charge in [-0.15, -0.1) is 0 Å². The molecule has 0 saturated heterocycles. The maximum atomic E-state index is 3.48. The molecule has 0 aromatic heterocycles. The van der Waals surface area contributed by atoms with Gasteiger partial charge in [0.15, 0.2) is 0 Å². The normalized spacial score (nSPS) is 19.8. The predicted molar refractivity (Wildman–Crippen MR) is 51.2 cm³/mol. The lowest BCUT2D eigenvalue weighted by atomic mass is 9.93. The summed E-state index contributed by atoms with van der Waals surface area (Å²) in [6, 6.07) is 0.772. The molecule has 0 unspecified atom stereocenters. The Labute approximate surface area is 75.9 Å². The molecule has 0 spiro atoms. The van der Waals surface area contributed by atoms with Gasteiger partial charge in [0.05, 0.1) is 20.6 Å². The van der Waals surface area contributed by atoms with E-state index in [-0.39, 0.29) is 0 Å². The van der Waals surface area contributed by atoms with Gasteiger partial charge in [0, 0.05) is 13.1 Å². The van der Waals surface area contributed by atoms with Crippen molar-refractivity contribution in [2.45, 2.75) is 32.2 Å². The summed E-state index contributed by atoms with van der Waals surface area (Å²) < 4.78 is 0.868. The number of rotatable bonds is 4. The Morgan fingerprint density at radius 2 is 2.00 bits per heavy atom. The molecular weight excluding hydrogens is 150 g/mol. The summed E-state index contributed by atoms with van der Waals surface area (Å²) in [5.74, 6) is 0. The van der Waals surface area contributed by atoms with Crippen molar-refractivity contribution in [2.75, 3.05) is 27.7 Å². The van der Waals surface area contributed by atoms with Crippen LogP contribution >= 0.6 is 0 Å². The zero-order valence-electron chi connectivity index (χ0n) is 8.80. The third kappa shape index (κ3) is 2.44. The average Bonchev–Trinajstić information content (AvgIpc) is 1.82. The maximum absolute atomic E-state index is 3.48. The van der Waals surface area contributed by atoms with E-state index in [2.05, 4.69) is 38.6 Å². The number of nitrogens with zero attached hydrogens (tertiary/aromatic N) is 2. The Hall–Kier alpha value is -0.120. The molecule has 1 rings (SSSR count). The van der Waals surface area contributed by atoms with Gasteiger partial charge in [-0.25, -0.2) is 4.59 Å². The maximum Gasteiger partial charge on any atom is 0.0941 e. The lowest BCUT2D eigenvalue weighted by molar-refractivity contribution is -0.948. The number of hydrogen-bond acceptors (Lipinski definition) is 2. The van der Waals surface area contributed by atoms with Crippen LogP contribution in [0.5, 0.6) is 0 Å². The first-order valence-corrected chi connectivity index (χ1v) is 4.89. The van der Waals surface area contributed by atoms with Gasteiger partial charge in [-0.05, 0) is 19.8 Å². The Morgan fingerprint density at radius 3 is 2.33 bits per heavy atom. The number of nitrogens with one attached hydrogen (secondary N) is 1. The quantitative estimate of drug-likeness (QED) is 0.502. The third-order valence-corrected chi connectivity index (χ3v) is 2.84. The molecule has 1 N–H and O–H groups in total. The fraction of sp³-hybridized carbons (Fsp3) is 1.00. The highest BCUT2D eigenvalue weighted by molar-refractivity contribution is 4.74. The molecule has 0 aromatic rings. The fourth-order valence-electron chi connectivity index (χ4n) is 1.35. The van der Waals surface area contributed by atoms with E-state index in [9.17, 15) is 0 Å². The van der Waals surface area contributed by atoms with E-state index < -0.39 is 0 Å². The van der Waals surface area contributed by atoms with E-state index in [4.69, 9.17) is 0 Å². The first kappa shape index (κ1) is 9.96. The average molecular weight is 172 g/mol. The Bertz CT molecular complexity index is 141.